The largest absolute Gasteiger partial charge is 0.380 e. The quantitative estimate of drug-likeness (QED) is 0.849. The molecular formula is C13H12BrClN2. The average molecular weight is 312 g/mol. The number of halogens is 2. The normalized spacial score (nSPS) is 10.3. The summed E-state index contributed by atoms with van der Waals surface area (Å²) < 4.78 is 1.13. The monoisotopic (exact) mass is 310 g/mol. The number of hydrogen-bond acceptors (Lipinski definition) is 2. The van der Waals surface area contributed by atoms with Crippen molar-refractivity contribution in [2.45, 2.75) is 13.5 Å². The summed E-state index contributed by atoms with van der Waals surface area (Å²) in [6, 6.07) is 10.00. The molecule has 0 aliphatic carbocycles. The molecule has 1 aromatic heterocycles. The molecule has 0 saturated carbocycles. The van der Waals surface area contributed by atoms with Crippen LogP contribution in [0.2, 0.25) is 5.15 Å². The van der Waals surface area contributed by atoms with Crippen LogP contribution >= 0.6 is 27.5 Å². The Morgan fingerprint density at radius 1 is 1.29 bits per heavy atom. The minimum Gasteiger partial charge on any atom is -0.380 e. The van der Waals surface area contributed by atoms with Crippen molar-refractivity contribution in [3.05, 3.63) is 57.3 Å². The van der Waals surface area contributed by atoms with Gasteiger partial charge in [0.1, 0.15) is 5.15 Å². The van der Waals surface area contributed by atoms with Crippen LogP contribution in [0.1, 0.15) is 11.1 Å². The van der Waals surface area contributed by atoms with Crippen LogP contribution in [0.25, 0.3) is 0 Å². The molecule has 4 heteroatoms. The molecule has 2 rings (SSSR count). The first-order valence-corrected chi connectivity index (χ1v) is 6.43. The number of benzene rings is 1. The van der Waals surface area contributed by atoms with E-state index in [0.717, 1.165) is 16.7 Å². The molecular weight excluding hydrogens is 300 g/mol. The molecule has 17 heavy (non-hydrogen) atoms. The lowest BCUT2D eigenvalue weighted by Gasteiger charge is -2.07. The lowest BCUT2D eigenvalue weighted by Crippen LogP contribution is -2.00. The molecule has 0 saturated heterocycles. The molecule has 0 amide bonds. The predicted octanol–water partition coefficient (Wildman–Crippen LogP) is 4.42. The van der Waals surface area contributed by atoms with Crippen LogP contribution in [0.5, 0.6) is 0 Å². The van der Waals surface area contributed by atoms with Crippen LogP contribution in [0.4, 0.5) is 5.69 Å². The molecule has 2 aromatic rings. The molecule has 0 aliphatic rings. The number of aryl methyl sites for hydroxylation is 1. The first-order chi connectivity index (χ1) is 8.15. The second kappa shape index (κ2) is 5.52. The van der Waals surface area contributed by atoms with Gasteiger partial charge in [-0.25, -0.2) is 4.98 Å². The van der Waals surface area contributed by atoms with Crippen LogP contribution in [-0.4, -0.2) is 4.98 Å². The number of aromatic nitrogens is 1. The van der Waals surface area contributed by atoms with Crippen molar-refractivity contribution < 1.29 is 0 Å². The average Bonchev–Trinajstić information content (AvgIpc) is 2.33. The van der Waals surface area contributed by atoms with Gasteiger partial charge in [-0.3, -0.25) is 0 Å². The number of nitrogens with zero attached hydrogens (tertiary/aromatic N) is 1. The van der Waals surface area contributed by atoms with Crippen LogP contribution in [-0.2, 0) is 6.54 Å². The van der Waals surface area contributed by atoms with E-state index >= 15 is 0 Å². The third-order valence-electron chi connectivity index (χ3n) is 2.45. The molecule has 0 aliphatic heterocycles. The smallest absolute Gasteiger partial charge is 0.129 e. The summed E-state index contributed by atoms with van der Waals surface area (Å²) in [5.74, 6) is 0. The van der Waals surface area contributed by atoms with E-state index in [4.69, 9.17) is 11.6 Å². The molecule has 0 fully saturated rings. The van der Waals surface area contributed by atoms with Gasteiger partial charge in [0, 0.05) is 11.0 Å². The summed E-state index contributed by atoms with van der Waals surface area (Å²) in [4.78, 5) is 4.02. The molecule has 0 unspecified atom stereocenters. The van der Waals surface area contributed by atoms with Gasteiger partial charge in [-0.1, -0.05) is 39.7 Å². The minimum absolute atomic E-state index is 0.509. The van der Waals surface area contributed by atoms with Crippen molar-refractivity contribution in [1.82, 2.24) is 4.98 Å². The second-order valence-electron chi connectivity index (χ2n) is 3.81. The van der Waals surface area contributed by atoms with Gasteiger partial charge in [0.15, 0.2) is 0 Å². The Morgan fingerprint density at radius 2 is 2.12 bits per heavy atom. The third kappa shape index (κ3) is 3.45. The van der Waals surface area contributed by atoms with Crippen molar-refractivity contribution in [2.75, 3.05) is 5.32 Å². The van der Waals surface area contributed by atoms with Crippen LogP contribution in [0, 0.1) is 6.92 Å². The Morgan fingerprint density at radius 3 is 2.76 bits per heavy atom. The van der Waals surface area contributed by atoms with Gasteiger partial charge in [0.2, 0.25) is 0 Å². The number of rotatable bonds is 3. The van der Waals surface area contributed by atoms with E-state index in [1.807, 2.05) is 6.07 Å². The highest BCUT2D eigenvalue weighted by Gasteiger charge is 1.98. The summed E-state index contributed by atoms with van der Waals surface area (Å²) in [7, 11) is 0. The van der Waals surface area contributed by atoms with E-state index < -0.39 is 0 Å². The molecule has 1 heterocycles. The van der Waals surface area contributed by atoms with Crippen molar-refractivity contribution in [3.8, 4) is 0 Å². The molecule has 88 valence electrons. The van der Waals surface area contributed by atoms with E-state index in [-0.39, 0.29) is 0 Å². The first kappa shape index (κ1) is 12.4. The van der Waals surface area contributed by atoms with Crippen molar-refractivity contribution >= 4 is 33.2 Å². The number of nitrogens with one attached hydrogen (secondary N) is 1. The fraction of sp³-hybridized carbons (Fsp3) is 0.154. The SMILES string of the molecule is Cc1cc(CNc2ccc(Cl)nc2)ccc1Br. The molecule has 0 spiro atoms. The zero-order chi connectivity index (χ0) is 12.3. The van der Waals surface area contributed by atoms with E-state index in [9.17, 15) is 0 Å². The highest BCUT2D eigenvalue weighted by Crippen LogP contribution is 2.18. The van der Waals surface area contributed by atoms with E-state index in [1.54, 1.807) is 12.3 Å². The zero-order valence-electron chi connectivity index (χ0n) is 9.37. The highest BCUT2D eigenvalue weighted by molar-refractivity contribution is 9.10. The molecule has 0 radical (unpaired) electrons. The van der Waals surface area contributed by atoms with E-state index in [1.165, 1.54) is 11.1 Å². The van der Waals surface area contributed by atoms with Crippen molar-refractivity contribution in [1.29, 1.82) is 0 Å². The summed E-state index contributed by atoms with van der Waals surface area (Å²) in [6.45, 7) is 2.86. The van der Waals surface area contributed by atoms with Gasteiger partial charge in [0.05, 0.1) is 11.9 Å². The number of pyridine rings is 1. The number of hydrogen-bond donors (Lipinski definition) is 1. The standard InChI is InChI=1S/C13H12BrClN2/c1-9-6-10(2-4-12(9)14)7-16-11-3-5-13(15)17-8-11/h2-6,8,16H,7H2,1H3. The maximum Gasteiger partial charge on any atom is 0.129 e. The lowest BCUT2D eigenvalue weighted by molar-refractivity contribution is 1.13. The van der Waals surface area contributed by atoms with Crippen molar-refractivity contribution in [3.63, 3.8) is 0 Å². The highest BCUT2D eigenvalue weighted by atomic mass is 79.9. The molecule has 0 atom stereocenters. The number of anilines is 1. The minimum atomic E-state index is 0.509. The first-order valence-electron chi connectivity index (χ1n) is 5.25. The summed E-state index contributed by atoms with van der Waals surface area (Å²) in [6.07, 6.45) is 1.73. The molecule has 1 N–H and O–H groups in total. The van der Waals surface area contributed by atoms with Gasteiger partial charge in [-0.05, 0) is 36.2 Å². The fourth-order valence-electron chi connectivity index (χ4n) is 1.50. The van der Waals surface area contributed by atoms with Crippen molar-refractivity contribution in [2.24, 2.45) is 0 Å². The van der Waals surface area contributed by atoms with Gasteiger partial charge < -0.3 is 5.32 Å². The van der Waals surface area contributed by atoms with Crippen LogP contribution < -0.4 is 5.32 Å². The Balaban J connectivity index is 2.02. The Labute approximate surface area is 114 Å². The Kier molecular flexibility index (Phi) is 4.02. The Bertz CT molecular complexity index is 511. The van der Waals surface area contributed by atoms with E-state index in [0.29, 0.717) is 5.15 Å². The maximum atomic E-state index is 5.72. The topological polar surface area (TPSA) is 24.9 Å². The molecule has 0 bridgehead atoms. The zero-order valence-corrected chi connectivity index (χ0v) is 11.7. The van der Waals surface area contributed by atoms with Gasteiger partial charge >= 0.3 is 0 Å². The summed E-state index contributed by atoms with van der Waals surface area (Å²) in [5, 5.41) is 3.81. The summed E-state index contributed by atoms with van der Waals surface area (Å²) >= 11 is 9.21. The second-order valence-corrected chi connectivity index (χ2v) is 5.05. The molecule has 2 nitrogen and oxygen atoms in total. The van der Waals surface area contributed by atoms with Crippen LogP contribution in [0.15, 0.2) is 41.0 Å². The third-order valence-corrected chi connectivity index (χ3v) is 3.56. The summed E-state index contributed by atoms with van der Waals surface area (Å²) in [5.41, 5.74) is 3.44. The van der Waals surface area contributed by atoms with Gasteiger partial charge in [-0.15, -0.1) is 0 Å². The van der Waals surface area contributed by atoms with Crippen LogP contribution in [0.3, 0.4) is 0 Å². The van der Waals surface area contributed by atoms with E-state index in [2.05, 4.69) is 51.4 Å². The fourth-order valence-corrected chi connectivity index (χ4v) is 1.86. The Hall–Kier alpha value is -1.06. The van der Waals surface area contributed by atoms with Gasteiger partial charge in [-0.2, -0.15) is 0 Å². The lowest BCUT2D eigenvalue weighted by atomic mass is 10.1. The maximum absolute atomic E-state index is 5.72. The molecule has 1 aromatic carbocycles. The predicted molar refractivity (Wildman–Crippen MR) is 75.5 cm³/mol. The van der Waals surface area contributed by atoms with Gasteiger partial charge in [0.25, 0.3) is 0 Å².